The molecular formula is C24H18N2O7. The molecule has 1 unspecified atom stereocenters. The number of phenolic OH excluding ortho intramolecular Hbond substituents is 1. The Labute approximate surface area is 187 Å². The van der Waals surface area contributed by atoms with Gasteiger partial charge in [-0.15, -0.1) is 0 Å². The van der Waals surface area contributed by atoms with Crippen LogP contribution in [0.3, 0.4) is 0 Å². The minimum absolute atomic E-state index is 0.0194. The number of rotatable bonds is 5. The van der Waals surface area contributed by atoms with Crippen LogP contribution in [0, 0.1) is 10.1 Å². The molecule has 9 heteroatoms. The highest BCUT2D eigenvalue weighted by molar-refractivity contribution is 6.51. The molecule has 3 aromatic carbocycles. The molecule has 3 aromatic rings. The molecule has 1 saturated heterocycles. The number of non-ortho nitro benzene ring substituents is 1. The summed E-state index contributed by atoms with van der Waals surface area (Å²) in [7, 11) is 1.42. The molecular weight excluding hydrogens is 428 g/mol. The summed E-state index contributed by atoms with van der Waals surface area (Å²) in [5.41, 5.74) is 0.241. The van der Waals surface area contributed by atoms with E-state index in [4.69, 9.17) is 4.74 Å². The number of hydrogen-bond donors (Lipinski definition) is 2. The number of aliphatic hydroxyl groups is 1. The van der Waals surface area contributed by atoms with Crippen molar-refractivity contribution in [1.82, 2.24) is 0 Å². The highest BCUT2D eigenvalue weighted by Gasteiger charge is 2.47. The van der Waals surface area contributed by atoms with Crippen molar-refractivity contribution in [3.8, 4) is 11.5 Å². The molecule has 1 heterocycles. The monoisotopic (exact) mass is 446 g/mol. The van der Waals surface area contributed by atoms with Crippen molar-refractivity contribution < 1.29 is 29.5 Å². The first-order valence-electron chi connectivity index (χ1n) is 9.81. The molecule has 0 aromatic heterocycles. The van der Waals surface area contributed by atoms with Gasteiger partial charge in [-0.3, -0.25) is 24.6 Å². The Morgan fingerprint density at radius 2 is 1.73 bits per heavy atom. The lowest BCUT2D eigenvalue weighted by Crippen LogP contribution is -2.29. The maximum Gasteiger partial charge on any atom is 0.300 e. The lowest BCUT2D eigenvalue weighted by molar-refractivity contribution is -0.384. The van der Waals surface area contributed by atoms with Crippen molar-refractivity contribution in [2.45, 2.75) is 6.04 Å². The third-order valence-corrected chi connectivity index (χ3v) is 5.33. The quantitative estimate of drug-likeness (QED) is 0.200. The van der Waals surface area contributed by atoms with Crippen LogP contribution in [0.4, 0.5) is 11.4 Å². The highest BCUT2D eigenvalue weighted by atomic mass is 16.6. The number of hydrogen-bond acceptors (Lipinski definition) is 7. The van der Waals surface area contributed by atoms with Crippen LogP contribution in [0.5, 0.6) is 11.5 Å². The van der Waals surface area contributed by atoms with E-state index in [-0.39, 0.29) is 22.6 Å². The zero-order chi connectivity index (χ0) is 23.7. The number of ketones is 1. The summed E-state index contributed by atoms with van der Waals surface area (Å²) < 4.78 is 5.37. The first-order valence-corrected chi connectivity index (χ1v) is 9.81. The van der Waals surface area contributed by atoms with Gasteiger partial charge in [-0.25, -0.2) is 0 Å². The summed E-state index contributed by atoms with van der Waals surface area (Å²) in [6.07, 6.45) is 0. The number of nitrogens with zero attached hydrogens (tertiary/aromatic N) is 2. The first-order chi connectivity index (χ1) is 15.8. The molecule has 1 amide bonds. The Balaban J connectivity index is 1.97. The normalized spacial score (nSPS) is 17.2. The molecule has 33 heavy (non-hydrogen) atoms. The number of anilines is 1. The van der Waals surface area contributed by atoms with Crippen LogP contribution in [0.15, 0.2) is 78.4 Å². The maximum atomic E-state index is 13.2. The van der Waals surface area contributed by atoms with Gasteiger partial charge in [0.15, 0.2) is 0 Å². The number of phenols is 1. The fourth-order valence-corrected chi connectivity index (χ4v) is 3.80. The second-order valence-corrected chi connectivity index (χ2v) is 7.24. The van der Waals surface area contributed by atoms with Crippen molar-refractivity contribution in [3.63, 3.8) is 0 Å². The Kier molecular flexibility index (Phi) is 5.53. The second kappa shape index (κ2) is 8.46. The molecule has 1 aliphatic heterocycles. The average Bonchev–Trinajstić information content (AvgIpc) is 3.09. The number of nitro benzene ring substituents is 1. The molecule has 0 radical (unpaired) electrons. The zero-order valence-electron chi connectivity index (χ0n) is 17.3. The molecule has 1 fully saturated rings. The summed E-state index contributed by atoms with van der Waals surface area (Å²) in [6.45, 7) is 0. The number of para-hydroxylation sites is 2. The number of carbonyl (C=O) groups is 2. The van der Waals surface area contributed by atoms with Crippen LogP contribution in [0.2, 0.25) is 0 Å². The van der Waals surface area contributed by atoms with Crippen LogP contribution >= 0.6 is 0 Å². The van der Waals surface area contributed by atoms with Crippen LogP contribution in [0.25, 0.3) is 5.76 Å². The van der Waals surface area contributed by atoms with Crippen molar-refractivity contribution in [3.05, 3.63) is 99.6 Å². The van der Waals surface area contributed by atoms with E-state index >= 15 is 0 Å². The molecule has 0 saturated carbocycles. The number of nitro groups is 1. The van der Waals surface area contributed by atoms with E-state index in [1.165, 1.54) is 54.5 Å². The molecule has 4 rings (SSSR count). The predicted molar refractivity (Wildman–Crippen MR) is 119 cm³/mol. The summed E-state index contributed by atoms with van der Waals surface area (Å²) in [6, 6.07) is 16.5. The topological polar surface area (TPSA) is 130 Å². The molecule has 9 nitrogen and oxygen atoms in total. The van der Waals surface area contributed by atoms with E-state index in [1.54, 1.807) is 24.3 Å². The fourth-order valence-electron chi connectivity index (χ4n) is 3.80. The van der Waals surface area contributed by atoms with E-state index in [2.05, 4.69) is 0 Å². The molecule has 0 spiro atoms. The van der Waals surface area contributed by atoms with Crippen molar-refractivity contribution in [2.75, 3.05) is 12.0 Å². The summed E-state index contributed by atoms with van der Waals surface area (Å²) in [5.74, 6) is -2.09. The molecule has 0 aliphatic carbocycles. The maximum absolute atomic E-state index is 13.2. The van der Waals surface area contributed by atoms with Crippen molar-refractivity contribution in [2.24, 2.45) is 0 Å². The molecule has 1 aliphatic rings. The smallest absolute Gasteiger partial charge is 0.300 e. The number of ether oxygens (including phenoxy) is 1. The van der Waals surface area contributed by atoms with Gasteiger partial charge >= 0.3 is 0 Å². The number of amides is 1. The lowest BCUT2D eigenvalue weighted by Gasteiger charge is -2.26. The van der Waals surface area contributed by atoms with Gasteiger partial charge in [-0.2, -0.15) is 0 Å². The Bertz CT molecular complexity index is 1300. The number of aliphatic hydroxyl groups excluding tert-OH is 1. The van der Waals surface area contributed by atoms with Gasteiger partial charge < -0.3 is 14.9 Å². The minimum atomic E-state index is -1.07. The van der Waals surface area contributed by atoms with Gasteiger partial charge in [0.05, 0.1) is 29.3 Å². The van der Waals surface area contributed by atoms with E-state index in [9.17, 15) is 29.9 Å². The van der Waals surface area contributed by atoms with Gasteiger partial charge in [0, 0.05) is 17.7 Å². The van der Waals surface area contributed by atoms with Gasteiger partial charge in [-0.1, -0.05) is 36.4 Å². The molecule has 0 bridgehead atoms. The van der Waals surface area contributed by atoms with Gasteiger partial charge in [0.1, 0.15) is 17.3 Å². The fraction of sp³-hybridized carbons (Fsp3) is 0.0833. The molecule has 166 valence electrons. The second-order valence-electron chi connectivity index (χ2n) is 7.24. The first kappa shape index (κ1) is 21.6. The Morgan fingerprint density at radius 3 is 2.39 bits per heavy atom. The Hall–Kier alpha value is -4.66. The summed E-state index contributed by atoms with van der Waals surface area (Å²) in [4.78, 5) is 38.1. The van der Waals surface area contributed by atoms with E-state index in [1.807, 2.05) is 0 Å². The van der Waals surface area contributed by atoms with E-state index in [0.717, 1.165) is 6.07 Å². The predicted octanol–water partition coefficient (Wildman–Crippen LogP) is 3.94. The number of aromatic hydroxyl groups is 1. The SMILES string of the molecule is COc1ccccc1N1C(=O)C(=O)/C(=C(\O)c2cccc([N+](=O)[O-])c2)C1c1ccc(O)cc1. The van der Waals surface area contributed by atoms with E-state index in [0.29, 0.717) is 17.0 Å². The average molecular weight is 446 g/mol. The molecule has 1 atom stereocenters. The van der Waals surface area contributed by atoms with Gasteiger partial charge in [0.2, 0.25) is 0 Å². The minimum Gasteiger partial charge on any atom is -0.508 e. The van der Waals surface area contributed by atoms with Crippen molar-refractivity contribution >= 4 is 28.8 Å². The largest absolute Gasteiger partial charge is 0.508 e. The molecule has 2 N–H and O–H groups in total. The standard InChI is InChI=1S/C24H18N2O7/c1-33-19-8-3-2-7-18(19)25-21(14-9-11-17(27)12-10-14)20(23(29)24(25)30)22(28)15-5-4-6-16(13-15)26(31)32/h2-13,21,27-28H,1H3/b22-20-. The summed E-state index contributed by atoms with van der Waals surface area (Å²) in [5, 5.41) is 32.0. The van der Waals surface area contributed by atoms with Gasteiger partial charge in [-0.05, 0) is 29.8 Å². The third-order valence-electron chi connectivity index (χ3n) is 5.33. The van der Waals surface area contributed by atoms with Crippen LogP contribution in [-0.2, 0) is 9.59 Å². The summed E-state index contributed by atoms with van der Waals surface area (Å²) >= 11 is 0. The Morgan fingerprint density at radius 1 is 1.03 bits per heavy atom. The third kappa shape index (κ3) is 3.76. The van der Waals surface area contributed by atoms with Crippen molar-refractivity contribution in [1.29, 1.82) is 0 Å². The van der Waals surface area contributed by atoms with Crippen LogP contribution in [-0.4, -0.2) is 33.9 Å². The zero-order valence-corrected chi connectivity index (χ0v) is 17.3. The van der Waals surface area contributed by atoms with E-state index < -0.39 is 28.4 Å². The lowest BCUT2D eigenvalue weighted by atomic mass is 9.95. The number of methoxy groups -OCH3 is 1. The number of carbonyl (C=O) groups excluding carboxylic acids is 2. The highest BCUT2D eigenvalue weighted by Crippen LogP contribution is 2.45. The number of Topliss-reactive ketones (excluding diaryl/α,β-unsaturated/α-hetero) is 1. The van der Waals surface area contributed by atoms with Gasteiger partial charge in [0.25, 0.3) is 17.4 Å². The van der Waals surface area contributed by atoms with Crippen LogP contribution < -0.4 is 9.64 Å². The number of benzene rings is 3. The van der Waals surface area contributed by atoms with Crippen LogP contribution in [0.1, 0.15) is 17.2 Å².